The van der Waals surface area contributed by atoms with Crippen molar-refractivity contribution in [3.05, 3.63) is 72.2 Å². The van der Waals surface area contributed by atoms with Gasteiger partial charge in [0, 0.05) is 23.5 Å². The summed E-state index contributed by atoms with van der Waals surface area (Å²) in [7, 11) is 0. The summed E-state index contributed by atoms with van der Waals surface area (Å²) in [6, 6.07) is 6.91. The van der Waals surface area contributed by atoms with Crippen LogP contribution in [0.2, 0.25) is 0 Å². The summed E-state index contributed by atoms with van der Waals surface area (Å²) in [5.74, 6) is -4.08. The Morgan fingerprint density at radius 2 is 1.87 bits per heavy atom. The van der Waals surface area contributed by atoms with Gasteiger partial charge in [-0.15, -0.1) is 0 Å². The lowest BCUT2D eigenvalue weighted by molar-refractivity contribution is -0.139. The van der Waals surface area contributed by atoms with E-state index in [-0.39, 0.29) is 5.57 Å². The maximum atomic E-state index is 10.6. The Hall–Kier alpha value is -3.89. The normalized spacial score (nSPS) is 18.3. The van der Waals surface area contributed by atoms with Crippen LogP contribution >= 0.6 is 0 Å². The number of aromatic nitrogens is 1. The number of para-hydroxylation sites is 1. The Morgan fingerprint density at radius 3 is 2.48 bits per heavy atom. The van der Waals surface area contributed by atoms with E-state index in [4.69, 9.17) is 25.8 Å². The maximum absolute atomic E-state index is 10.6. The predicted molar refractivity (Wildman–Crippen MR) is 110 cm³/mol. The minimum absolute atomic E-state index is 0.0755. The third kappa shape index (κ3) is 6.29. The van der Waals surface area contributed by atoms with Gasteiger partial charge in [0.1, 0.15) is 18.2 Å². The van der Waals surface area contributed by atoms with E-state index in [1.165, 1.54) is 12.2 Å². The van der Waals surface area contributed by atoms with E-state index < -0.39 is 41.9 Å². The number of benzene rings is 1. The Balaban J connectivity index is 0.000000220. The molecule has 1 aromatic carbocycles. The van der Waals surface area contributed by atoms with Crippen molar-refractivity contribution in [3.8, 4) is 0 Å². The van der Waals surface area contributed by atoms with Crippen LogP contribution in [0.1, 0.15) is 5.56 Å². The fourth-order valence-electron chi connectivity index (χ4n) is 2.73. The Morgan fingerprint density at radius 1 is 1.19 bits per heavy atom. The van der Waals surface area contributed by atoms with Gasteiger partial charge in [0.2, 0.25) is 0 Å². The highest BCUT2D eigenvalue weighted by Crippen LogP contribution is 2.19. The van der Waals surface area contributed by atoms with Crippen LogP contribution in [0, 0.1) is 0 Å². The van der Waals surface area contributed by atoms with Gasteiger partial charge in [0.05, 0.1) is 5.57 Å². The molecule has 0 spiro atoms. The van der Waals surface area contributed by atoms with Gasteiger partial charge in [-0.05, 0) is 30.4 Å². The van der Waals surface area contributed by atoms with Crippen molar-refractivity contribution in [2.24, 2.45) is 5.73 Å². The second-order valence-electron chi connectivity index (χ2n) is 6.60. The van der Waals surface area contributed by atoms with Crippen LogP contribution in [0.3, 0.4) is 0 Å². The van der Waals surface area contributed by atoms with E-state index in [1.54, 1.807) is 0 Å². The molecule has 31 heavy (non-hydrogen) atoms. The van der Waals surface area contributed by atoms with Gasteiger partial charge in [-0.25, -0.2) is 9.59 Å². The molecule has 2 aromatic rings. The lowest BCUT2D eigenvalue weighted by Gasteiger charge is -2.21. The standard InChI is InChI=1S/C11H12N2O2.C10H10O6/c12-9(11(14)15)5-7-6-13-10-4-2-1-3-8(7)10;1-5(9(12)13)16-8-4-6(10(14)15)2-3-7(8)11/h1-4,6,9,13H,5,12H2,(H,14,15);2-4,7-8,11H,1H2,(H,12,13)(H,14,15)/t;7-,8-/m.1/s1. The lowest BCUT2D eigenvalue weighted by Crippen LogP contribution is -2.32. The summed E-state index contributed by atoms with van der Waals surface area (Å²) in [5.41, 5.74) is 7.36. The molecule has 10 heteroatoms. The maximum Gasteiger partial charge on any atom is 0.370 e. The highest BCUT2D eigenvalue weighted by molar-refractivity contribution is 5.90. The number of carboxylic acid groups (broad SMARTS) is 3. The first kappa shape index (κ1) is 23.4. The molecule has 1 heterocycles. The molecule has 0 saturated carbocycles. The molecule has 1 aliphatic carbocycles. The molecule has 1 unspecified atom stereocenters. The molecule has 0 aliphatic heterocycles. The third-order valence-corrected chi connectivity index (χ3v) is 4.35. The van der Waals surface area contributed by atoms with Crippen molar-refractivity contribution < 1.29 is 39.5 Å². The van der Waals surface area contributed by atoms with Crippen LogP contribution in [-0.2, 0) is 25.5 Å². The van der Waals surface area contributed by atoms with Crippen LogP contribution in [-0.4, -0.2) is 61.6 Å². The van der Waals surface area contributed by atoms with Crippen molar-refractivity contribution in [3.63, 3.8) is 0 Å². The quantitative estimate of drug-likeness (QED) is 0.276. The fourth-order valence-corrected chi connectivity index (χ4v) is 2.73. The van der Waals surface area contributed by atoms with Gasteiger partial charge >= 0.3 is 17.9 Å². The monoisotopic (exact) mass is 430 g/mol. The van der Waals surface area contributed by atoms with Crippen LogP contribution < -0.4 is 5.73 Å². The Kier molecular flexibility index (Phi) is 7.72. The molecule has 1 aliphatic rings. The van der Waals surface area contributed by atoms with Crippen molar-refractivity contribution in [2.75, 3.05) is 0 Å². The third-order valence-electron chi connectivity index (χ3n) is 4.35. The van der Waals surface area contributed by atoms with E-state index in [0.717, 1.165) is 22.5 Å². The average molecular weight is 430 g/mol. The van der Waals surface area contributed by atoms with Crippen molar-refractivity contribution >= 4 is 28.8 Å². The van der Waals surface area contributed by atoms with Gasteiger partial charge in [0.15, 0.2) is 5.76 Å². The van der Waals surface area contributed by atoms with Gasteiger partial charge in [-0.3, -0.25) is 4.79 Å². The number of rotatable bonds is 7. The SMILES string of the molecule is C=C(O[C@@H]1C=C(C(=O)O)C=C[C@H]1O)C(=O)O.NC(Cc1c[nH]c2ccccc12)C(=O)O. The minimum Gasteiger partial charge on any atom is -0.480 e. The van der Waals surface area contributed by atoms with Crippen molar-refractivity contribution in [1.82, 2.24) is 4.98 Å². The summed E-state index contributed by atoms with van der Waals surface area (Å²) in [6.07, 6.45) is 3.56. The van der Waals surface area contributed by atoms with Gasteiger partial charge < -0.3 is 35.9 Å². The molecule has 3 rings (SSSR count). The molecular formula is C21H22N2O8. The molecule has 1 aromatic heterocycles. The number of nitrogens with two attached hydrogens (primary N) is 1. The largest absolute Gasteiger partial charge is 0.480 e. The summed E-state index contributed by atoms with van der Waals surface area (Å²) in [4.78, 5) is 34.8. The zero-order valence-corrected chi connectivity index (χ0v) is 16.3. The van der Waals surface area contributed by atoms with Crippen LogP contribution in [0.5, 0.6) is 0 Å². The number of aliphatic hydroxyl groups is 1. The first-order valence-corrected chi connectivity index (χ1v) is 9.03. The molecule has 7 N–H and O–H groups in total. The summed E-state index contributed by atoms with van der Waals surface area (Å²) < 4.78 is 4.81. The summed E-state index contributed by atoms with van der Waals surface area (Å²) in [5, 5.41) is 36.4. The topological polar surface area (TPSA) is 183 Å². The molecule has 0 amide bonds. The smallest absolute Gasteiger partial charge is 0.370 e. The number of ether oxygens (including phenoxy) is 1. The minimum atomic E-state index is -1.37. The first-order valence-electron chi connectivity index (χ1n) is 9.03. The van der Waals surface area contributed by atoms with E-state index >= 15 is 0 Å². The number of H-pyrrole nitrogens is 1. The van der Waals surface area contributed by atoms with Crippen LogP contribution in [0.4, 0.5) is 0 Å². The molecule has 0 fully saturated rings. The zero-order chi connectivity index (χ0) is 23.1. The summed E-state index contributed by atoms with van der Waals surface area (Å²) in [6.45, 7) is 3.12. The number of carbonyl (C=O) groups is 3. The fraction of sp³-hybridized carbons (Fsp3) is 0.190. The van der Waals surface area contributed by atoms with Crippen LogP contribution in [0.15, 0.2) is 66.6 Å². The van der Waals surface area contributed by atoms with Gasteiger partial charge in [-0.2, -0.15) is 0 Å². The van der Waals surface area contributed by atoms with E-state index in [2.05, 4.69) is 11.6 Å². The number of carboxylic acids is 3. The van der Waals surface area contributed by atoms with E-state index in [1.807, 2.05) is 30.5 Å². The molecule has 0 saturated heterocycles. The number of aromatic amines is 1. The number of hydrogen-bond acceptors (Lipinski definition) is 6. The van der Waals surface area contributed by atoms with E-state index in [0.29, 0.717) is 6.42 Å². The molecule has 0 radical (unpaired) electrons. The van der Waals surface area contributed by atoms with Crippen LogP contribution in [0.25, 0.3) is 10.9 Å². The van der Waals surface area contributed by atoms with Crippen molar-refractivity contribution in [1.29, 1.82) is 0 Å². The van der Waals surface area contributed by atoms with Gasteiger partial charge in [0.25, 0.3) is 0 Å². The number of aliphatic hydroxyl groups excluding tert-OH is 1. The first-order chi connectivity index (χ1) is 14.6. The van der Waals surface area contributed by atoms with Gasteiger partial charge in [-0.1, -0.05) is 24.3 Å². The highest BCUT2D eigenvalue weighted by atomic mass is 16.5. The van der Waals surface area contributed by atoms with E-state index in [9.17, 15) is 19.5 Å². The number of aliphatic carboxylic acids is 3. The number of nitrogens with one attached hydrogen (secondary N) is 1. The van der Waals surface area contributed by atoms with Crippen molar-refractivity contribution in [2.45, 2.75) is 24.7 Å². The molecule has 3 atom stereocenters. The highest BCUT2D eigenvalue weighted by Gasteiger charge is 2.24. The molecule has 164 valence electrons. The predicted octanol–water partition coefficient (Wildman–Crippen LogP) is 1.03. The number of hydrogen-bond donors (Lipinski definition) is 6. The number of fused-ring (bicyclic) bond motifs is 1. The molecular weight excluding hydrogens is 408 g/mol. The zero-order valence-electron chi connectivity index (χ0n) is 16.3. The Labute approximate surface area is 176 Å². The molecule has 0 bridgehead atoms. The summed E-state index contributed by atoms with van der Waals surface area (Å²) >= 11 is 0. The second kappa shape index (κ2) is 10.2. The molecule has 10 nitrogen and oxygen atoms in total. The Bertz CT molecular complexity index is 1050. The average Bonchev–Trinajstić information content (AvgIpc) is 3.12. The second-order valence-corrected chi connectivity index (χ2v) is 6.60. The lowest BCUT2D eigenvalue weighted by atomic mass is 10.0.